The number of thioether (sulfide) groups is 1. The number of nitro groups is 1. The van der Waals surface area contributed by atoms with Crippen molar-refractivity contribution in [3.8, 4) is 0 Å². The molecule has 3 rings (SSSR count). The van der Waals surface area contributed by atoms with E-state index in [0.29, 0.717) is 0 Å². The molecular weight excluding hydrogens is 340 g/mol. The summed E-state index contributed by atoms with van der Waals surface area (Å²) in [5.74, 6) is -0.674. The van der Waals surface area contributed by atoms with Gasteiger partial charge in [-0.25, -0.2) is 9.79 Å². The second-order valence-corrected chi connectivity index (χ2v) is 6.27. The van der Waals surface area contributed by atoms with Crippen LogP contribution in [0.15, 0.2) is 58.0 Å². The molecule has 0 saturated carbocycles. The highest BCUT2D eigenvalue weighted by molar-refractivity contribution is 7.98. The third-order valence-electron chi connectivity index (χ3n) is 3.62. The Labute approximate surface area is 148 Å². The number of carbonyl (C=O) groups is 1. The van der Waals surface area contributed by atoms with Gasteiger partial charge in [0.1, 0.15) is 5.56 Å². The minimum absolute atomic E-state index is 0.0487. The van der Waals surface area contributed by atoms with E-state index in [-0.39, 0.29) is 22.8 Å². The average Bonchev–Trinajstić information content (AvgIpc) is 2.96. The number of nitrogens with zero attached hydrogens (tertiary/aromatic N) is 2. The molecule has 0 unspecified atom stereocenters. The molecule has 25 heavy (non-hydrogen) atoms. The number of hydrogen-bond donors (Lipinski definition) is 0. The minimum atomic E-state index is -0.625. The summed E-state index contributed by atoms with van der Waals surface area (Å²) in [6, 6.07) is 12.2. The van der Waals surface area contributed by atoms with Crippen LogP contribution in [0.5, 0.6) is 0 Å². The zero-order valence-electron chi connectivity index (χ0n) is 13.6. The van der Waals surface area contributed by atoms with E-state index in [0.717, 1.165) is 16.0 Å². The van der Waals surface area contributed by atoms with Gasteiger partial charge in [0.2, 0.25) is 5.90 Å². The summed E-state index contributed by atoms with van der Waals surface area (Å²) in [5.41, 5.74) is 1.77. The van der Waals surface area contributed by atoms with Crippen LogP contribution < -0.4 is 0 Å². The molecule has 126 valence electrons. The van der Waals surface area contributed by atoms with Gasteiger partial charge in [0.05, 0.1) is 4.92 Å². The van der Waals surface area contributed by atoms with Crippen LogP contribution in [0, 0.1) is 17.0 Å². The van der Waals surface area contributed by atoms with Crippen molar-refractivity contribution < 1.29 is 14.5 Å². The molecule has 1 aliphatic rings. The van der Waals surface area contributed by atoms with Gasteiger partial charge in [0, 0.05) is 11.0 Å². The predicted molar refractivity (Wildman–Crippen MR) is 96.7 cm³/mol. The van der Waals surface area contributed by atoms with Crippen molar-refractivity contribution in [1.82, 2.24) is 0 Å². The topological polar surface area (TPSA) is 81.8 Å². The molecule has 0 bridgehead atoms. The Balaban J connectivity index is 1.99. The normalized spacial score (nSPS) is 15.2. The Hall–Kier alpha value is -2.93. The maximum atomic E-state index is 12.1. The highest BCUT2D eigenvalue weighted by atomic mass is 32.2. The molecule has 0 amide bonds. The molecule has 0 aliphatic carbocycles. The van der Waals surface area contributed by atoms with Gasteiger partial charge in [0.15, 0.2) is 5.70 Å². The highest BCUT2D eigenvalue weighted by Gasteiger charge is 2.29. The smallest absolute Gasteiger partial charge is 0.363 e. The first-order chi connectivity index (χ1) is 12.0. The standard InChI is InChI=1S/C18H14N2O4S/c1-11-3-8-16(20(22)23)14(9-11)17-19-15(18(21)24-17)10-12-4-6-13(25-2)7-5-12/h3-10H,1-2H3/b15-10-. The Kier molecular flexibility index (Phi) is 4.67. The maximum Gasteiger partial charge on any atom is 0.363 e. The van der Waals surface area contributed by atoms with Crippen molar-refractivity contribution in [2.24, 2.45) is 4.99 Å². The molecule has 0 spiro atoms. The molecule has 2 aromatic carbocycles. The number of esters is 1. The van der Waals surface area contributed by atoms with Crippen molar-refractivity contribution in [3.05, 3.63) is 75.0 Å². The van der Waals surface area contributed by atoms with E-state index in [2.05, 4.69) is 4.99 Å². The Morgan fingerprint density at radius 1 is 1.20 bits per heavy atom. The Morgan fingerprint density at radius 2 is 1.92 bits per heavy atom. The van der Waals surface area contributed by atoms with Gasteiger partial charge < -0.3 is 4.74 Å². The number of aliphatic imine (C=N–C) groups is 1. The molecule has 0 atom stereocenters. The number of carbonyl (C=O) groups excluding carboxylic acids is 1. The lowest BCUT2D eigenvalue weighted by Gasteiger charge is -2.02. The molecule has 0 N–H and O–H groups in total. The van der Waals surface area contributed by atoms with Crippen LogP contribution in [-0.4, -0.2) is 23.0 Å². The fraction of sp³-hybridized carbons (Fsp3) is 0.111. The SMILES string of the molecule is CSc1ccc(/C=C2\N=C(c3cc(C)ccc3[N+](=O)[O-])OC2=O)cc1. The monoisotopic (exact) mass is 354 g/mol. The van der Waals surface area contributed by atoms with Crippen molar-refractivity contribution in [2.75, 3.05) is 6.26 Å². The van der Waals surface area contributed by atoms with Crippen LogP contribution in [0.1, 0.15) is 16.7 Å². The molecule has 6 nitrogen and oxygen atoms in total. The van der Waals surface area contributed by atoms with E-state index in [1.807, 2.05) is 30.5 Å². The number of cyclic esters (lactones) is 1. The van der Waals surface area contributed by atoms with Crippen molar-refractivity contribution in [2.45, 2.75) is 11.8 Å². The van der Waals surface area contributed by atoms with Crippen LogP contribution >= 0.6 is 11.8 Å². The molecule has 7 heteroatoms. The van der Waals surface area contributed by atoms with Crippen LogP contribution in [0.25, 0.3) is 6.08 Å². The predicted octanol–water partition coefficient (Wildman–Crippen LogP) is 3.97. The first-order valence-electron chi connectivity index (χ1n) is 7.40. The second kappa shape index (κ2) is 6.90. The molecule has 0 radical (unpaired) electrons. The fourth-order valence-corrected chi connectivity index (χ4v) is 2.77. The number of aryl methyl sites for hydroxylation is 1. The number of nitro benzene ring substituents is 1. The number of rotatable bonds is 4. The third kappa shape index (κ3) is 3.61. The van der Waals surface area contributed by atoms with Gasteiger partial charge in [0.25, 0.3) is 5.69 Å². The summed E-state index contributed by atoms with van der Waals surface area (Å²) < 4.78 is 5.16. The van der Waals surface area contributed by atoms with E-state index in [1.165, 1.54) is 6.07 Å². The number of hydrogen-bond acceptors (Lipinski definition) is 6. The van der Waals surface area contributed by atoms with E-state index >= 15 is 0 Å². The third-order valence-corrected chi connectivity index (χ3v) is 4.36. The minimum Gasteiger partial charge on any atom is -0.402 e. The Bertz CT molecular complexity index is 917. The van der Waals surface area contributed by atoms with E-state index < -0.39 is 10.9 Å². The average molecular weight is 354 g/mol. The lowest BCUT2D eigenvalue weighted by atomic mass is 10.1. The first kappa shape index (κ1) is 16.9. The van der Waals surface area contributed by atoms with E-state index in [1.54, 1.807) is 36.9 Å². The highest BCUT2D eigenvalue weighted by Crippen LogP contribution is 2.26. The summed E-state index contributed by atoms with van der Waals surface area (Å²) in [5, 5.41) is 11.2. The van der Waals surface area contributed by atoms with E-state index in [4.69, 9.17) is 4.74 Å². The lowest BCUT2D eigenvalue weighted by Crippen LogP contribution is -2.08. The largest absolute Gasteiger partial charge is 0.402 e. The van der Waals surface area contributed by atoms with Crippen LogP contribution in [0.4, 0.5) is 5.69 Å². The molecule has 1 heterocycles. The molecule has 2 aromatic rings. The summed E-state index contributed by atoms with van der Waals surface area (Å²) in [4.78, 5) is 28.0. The second-order valence-electron chi connectivity index (χ2n) is 5.39. The first-order valence-corrected chi connectivity index (χ1v) is 8.62. The zero-order chi connectivity index (χ0) is 18.0. The summed E-state index contributed by atoms with van der Waals surface area (Å²) in [7, 11) is 0. The molecule has 1 aliphatic heterocycles. The van der Waals surface area contributed by atoms with Crippen molar-refractivity contribution in [3.63, 3.8) is 0 Å². The number of ether oxygens (including phenoxy) is 1. The fourth-order valence-electron chi connectivity index (χ4n) is 2.36. The van der Waals surface area contributed by atoms with Crippen LogP contribution in [0.3, 0.4) is 0 Å². The van der Waals surface area contributed by atoms with Gasteiger partial charge in [-0.05, 0) is 48.6 Å². The Morgan fingerprint density at radius 3 is 2.56 bits per heavy atom. The van der Waals surface area contributed by atoms with Crippen LogP contribution in [0.2, 0.25) is 0 Å². The van der Waals surface area contributed by atoms with Crippen LogP contribution in [-0.2, 0) is 9.53 Å². The summed E-state index contributed by atoms with van der Waals surface area (Å²) >= 11 is 1.62. The molecule has 0 fully saturated rings. The zero-order valence-corrected chi connectivity index (χ0v) is 14.4. The van der Waals surface area contributed by atoms with Gasteiger partial charge in [-0.3, -0.25) is 10.1 Å². The van der Waals surface area contributed by atoms with Crippen molar-refractivity contribution >= 4 is 35.4 Å². The van der Waals surface area contributed by atoms with Gasteiger partial charge in [-0.2, -0.15) is 0 Å². The van der Waals surface area contributed by atoms with E-state index in [9.17, 15) is 14.9 Å². The van der Waals surface area contributed by atoms with Gasteiger partial charge in [-0.15, -0.1) is 11.8 Å². The molecular formula is C18H14N2O4S. The molecule has 0 aromatic heterocycles. The maximum absolute atomic E-state index is 12.1. The van der Waals surface area contributed by atoms with Crippen molar-refractivity contribution in [1.29, 1.82) is 0 Å². The lowest BCUT2D eigenvalue weighted by molar-refractivity contribution is -0.385. The van der Waals surface area contributed by atoms with Gasteiger partial charge >= 0.3 is 5.97 Å². The number of benzene rings is 2. The molecule has 0 saturated heterocycles. The van der Waals surface area contributed by atoms with Gasteiger partial charge in [-0.1, -0.05) is 18.2 Å². The summed E-state index contributed by atoms with van der Waals surface area (Å²) in [6.07, 6.45) is 3.58. The summed E-state index contributed by atoms with van der Waals surface area (Å²) in [6.45, 7) is 1.80. The quantitative estimate of drug-likeness (QED) is 0.273.